The van der Waals surface area contributed by atoms with Gasteiger partial charge in [-0.3, -0.25) is 4.90 Å². The van der Waals surface area contributed by atoms with Gasteiger partial charge in [-0.2, -0.15) is 0 Å². The van der Waals surface area contributed by atoms with Gasteiger partial charge in [-0.15, -0.1) is 5.10 Å². The standard InChI is InChI=1S/C10H17N5O2S/c1-14-10(11-12-13-14)18-7-2-9(8-16)15-3-5-17-6-4-15/h8-9H,2-7H2,1H3. The largest absolute Gasteiger partial charge is 0.379 e. The van der Waals surface area contributed by atoms with Crippen LogP contribution in [0, 0.1) is 0 Å². The van der Waals surface area contributed by atoms with Gasteiger partial charge in [0.05, 0.1) is 19.3 Å². The minimum absolute atomic E-state index is 0.0254. The Balaban J connectivity index is 1.76. The number of hydrogen-bond acceptors (Lipinski definition) is 7. The highest BCUT2D eigenvalue weighted by atomic mass is 32.2. The van der Waals surface area contributed by atoms with Crippen molar-refractivity contribution in [3.8, 4) is 0 Å². The van der Waals surface area contributed by atoms with Gasteiger partial charge in [0.15, 0.2) is 0 Å². The Labute approximate surface area is 110 Å². The van der Waals surface area contributed by atoms with E-state index in [1.807, 2.05) is 7.05 Å². The average Bonchev–Trinajstić information content (AvgIpc) is 2.81. The van der Waals surface area contributed by atoms with Crippen LogP contribution in [0.3, 0.4) is 0 Å². The molecule has 0 spiro atoms. The van der Waals surface area contributed by atoms with Crippen LogP contribution >= 0.6 is 11.8 Å². The smallest absolute Gasteiger partial charge is 0.209 e. The lowest BCUT2D eigenvalue weighted by Gasteiger charge is -2.31. The third kappa shape index (κ3) is 3.50. The highest BCUT2D eigenvalue weighted by Gasteiger charge is 2.20. The molecule has 0 radical (unpaired) electrons. The maximum Gasteiger partial charge on any atom is 0.209 e. The van der Waals surface area contributed by atoms with Gasteiger partial charge in [-0.25, -0.2) is 4.68 Å². The Morgan fingerprint density at radius 2 is 2.28 bits per heavy atom. The van der Waals surface area contributed by atoms with E-state index in [0.717, 1.165) is 36.7 Å². The predicted molar refractivity (Wildman–Crippen MR) is 66.4 cm³/mol. The molecule has 1 unspecified atom stereocenters. The molecule has 0 bridgehead atoms. The number of carbonyl (C=O) groups excluding carboxylic acids is 1. The summed E-state index contributed by atoms with van der Waals surface area (Å²) < 4.78 is 6.92. The molecule has 0 aromatic carbocycles. The SMILES string of the molecule is Cn1nnnc1SCCC(C=O)N1CCOCC1. The number of carbonyl (C=O) groups is 1. The fourth-order valence-electron chi connectivity index (χ4n) is 1.86. The molecule has 0 saturated carbocycles. The number of nitrogens with zero attached hydrogens (tertiary/aromatic N) is 5. The fraction of sp³-hybridized carbons (Fsp3) is 0.800. The van der Waals surface area contributed by atoms with E-state index in [-0.39, 0.29) is 6.04 Å². The summed E-state index contributed by atoms with van der Waals surface area (Å²) in [6.45, 7) is 3.09. The molecule has 1 atom stereocenters. The zero-order chi connectivity index (χ0) is 12.8. The Morgan fingerprint density at radius 3 is 2.89 bits per heavy atom. The van der Waals surface area contributed by atoms with Gasteiger partial charge in [0.1, 0.15) is 6.29 Å². The normalized spacial score (nSPS) is 18.7. The van der Waals surface area contributed by atoms with Crippen LogP contribution in [0.4, 0.5) is 0 Å². The van der Waals surface area contributed by atoms with Crippen molar-refractivity contribution in [1.82, 2.24) is 25.1 Å². The monoisotopic (exact) mass is 271 g/mol. The van der Waals surface area contributed by atoms with Crippen LogP contribution in [0.25, 0.3) is 0 Å². The third-order valence-corrected chi connectivity index (χ3v) is 3.94. The first-order valence-electron chi connectivity index (χ1n) is 5.93. The highest BCUT2D eigenvalue weighted by Crippen LogP contribution is 2.16. The summed E-state index contributed by atoms with van der Waals surface area (Å²) in [5, 5.41) is 12.0. The van der Waals surface area contributed by atoms with E-state index in [1.165, 1.54) is 0 Å². The number of hydrogen-bond donors (Lipinski definition) is 0. The van der Waals surface area contributed by atoms with Crippen molar-refractivity contribution >= 4 is 18.0 Å². The second-order valence-corrected chi connectivity index (χ2v) is 5.14. The zero-order valence-corrected chi connectivity index (χ0v) is 11.2. The van der Waals surface area contributed by atoms with Crippen LogP contribution in [0.5, 0.6) is 0 Å². The molecule has 8 heteroatoms. The van der Waals surface area contributed by atoms with Crippen LogP contribution in [-0.4, -0.2) is 69.5 Å². The minimum Gasteiger partial charge on any atom is -0.379 e. The molecule has 100 valence electrons. The molecule has 0 amide bonds. The maximum absolute atomic E-state index is 11.1. The molecule has 2 heterocycles. The summed E-state index contributed by atoms with van der Waals surface area (Å²) in [4.78, 5) is 13.3. The Bertz CT molecular complexity index is 380. The topological polar surface area (TPSA) is 73.1 Å². The van der Waals surface area contributed by atoms with E-state index in [9.17, 15) is 4.79 Å². The first-order valence-corrected chi connectivity index (χ1v) is 6.92. The van der Waals surface area contributed by atoms with Crippen molar-refractivity contribution in [3.05, 3.63) is 0 Å². The third-order valence-electron chi connectivity index (χ3n) is 2.90. The lowest BCUT2D eigenvalue weighted by atomic mass is 10.2. The van der Waals surface area contributed by atoms with Gasteiger partial charge in [0, 0.05) is 25.9 Å². The molecule has 2 rings (SSSR count). The summed E-state index contributed by atoms with van der Waals surface area (Å²) in [5.74, 6) is 0.828. The van der Waals surface area contributed by atoms with Crippen molar-refractivity contribution < 1.29 is 9.53 Å². The minimum atomic E-state index is -0.0254. The molecule has 1 aromatic rings. The van der Waals surface area contributed by atoms with Crippen LogP contribution in [-0.2, 0) is 16.6 Å². The molecule has 1 aliphatic heterocycles. The van der Waals surface area contributed by atoms with Gasteiger partial charge >= 0.3 is 0 Å². The Hall–Kier alpha value is -0.990. The first kappa shape index (κ1) is 13.4. The molecule has 7 nitrogen and oxygen atoms in total. The van der Waals surface area contributed by atoms with Crippen LogP contribution in [0.2, 0.25) is 0 Å². The van der Waals surface area contributed by atoms with Gasteiger partial charge in [0.25, 0.3) is 0 Å². The number of tetrazole rings is 1. The van der Waals surface area contributed by atoms with Crippen molar-refractivity contribution in [2.24, 2.45) is 7.05 Å². The number of aldehydes is 1. The number of rotatable bonds is 6. The average molecular weight is 271 g/mol. The number of aromatic nitrogens is 4. The van der Waals surface area contributed by atoms with Gasteiger partial charge < -0.3 is 9.53 Å². The van der Waals surface area contributed by atoms with Crippen LogP contribution in [0.1, 0.15) is 6.42 Å². The second kappa shape index (κ2) is 6.81. The maximum atomic E-state index is 11.1. The van der Waals surface area contributed by atoms with E-state index in [1.54, 1.807) is 16.4 Å². The number of morpholine rings is 1. The van der Waals surface area contributed by atoms with Crippen molar-refractivity contribution in [2.45, 2.75) is 17.6 Å². The van der Waals surface area contributed by atoms with E-state index in [0.29, 0.717) is 13.2 Å². The van der Waals surface area contributed by atoms with E-state index < -0.39 is 0 Å². The molecular weight excluding hydrogens is 254 g/mol. The predicted octanol–water partition coefficient (Wildman–Crippen LogP) is -0.408. The van der Waals surface area contributed by atoms with Crippen LogP contribution in [0.15, 0.2) is 5.16 Å². The Morgan fingerprint density at radius 1 is 1.50 bits per heavy atom. The van der Waals surface area contributed by atoms with E-state index in [4.69, 9.17) is 4.74 Å². The lowest BCUT2D eigenvalue weighted by Crippen LogP contribution is -2.44. The molecule has 18 heavy (non-hydrogen) atoms. The fourth-order valence-corrected chi connectivity index (χ4v) is 2.72. The summed E-state index contributed by atoms with van der Waals surface area (Å²) in [6.07, 6.45) is 1.84. The van der Waals surface area contributed by atoms with Gasteiger partial charge in [-0.05, 0) is 16.8 Å². The zero-order valence-electron chi connectivity index (χ0n) is 10.4. The number of ether oxygens (including phenoxy) is 1. The molecular formula is C10H17N5O2S. The van der Waals surface area contributed by atoms with Crippen molar-refractivity contribution in [1.29, 1.82) is 0 Å². The summed E-state index contributed by atoms with van der Waals surface area (Å²) in [6, 6.07) is -0.0254. The van der Waals surface area contributed by atoms with Gasteiger partial charge in [0.2, 0.25) is 5.16 Å². The lowest BCUT2D eigenvalue weighted by molar-refractivity contribution is -0.114. The molecule has 0 aliphatic carbocycles. The summed E-state index contributed by atoms with van der Waals surface area (Å²) >= 11 is 1.57. The van der Waals surface area contributed by atoms with Crippen molar-refractivity contribution in [3.63, 3.8) is 0 Å². The van der Waals surface area contributed by atoms with Crippen LogP contribution < -0.4 is 0 Å². The molecule has 1 aromatic heterocycles. The number of aryl methyl sites for hydroxylation is 1. The van der Waals surface area contributed by atoms with E-state index >= 15 is 0 Å². The number of thioether (sulfide) groups is 1. The molecule has 1 saturated heterocycles. The molecule has 1 aliphatic rings. The Kier molecular flexibility index (Phi) is 5.09. The highest BCUT2D eigenvalue weighted by molar-refractivity contribution is 7.99. The second-order valence-electron chi connectivity index (χ2n) is 4.07. The quantitative estimate of drug-likeness (QED) is 0.514. The molecule has 0 N–H and O–H groups in total. The van der Waals surface area contributed by atoms with Gasteiger partial charge in [-0.1, -0.05) is 11.8 Å². The van der Waals surface area contributed by atoms with Crippen molar-refractivity contribution in [2.75, 3.05) is 32.1 Å². The summed E-state index contributed by atoms with van der Waals surface area (Å²) in [7, 11) is 1.81. The molecule has 1 fully saturated rings. The van der Waals surface area contributed by atoms with E-state index in [2.05, 4.69) is 20.4 Å². The first-order chi connectivity index (χ1) is 8.81. The summed E-state index contributed by atoms with van der Waals surface area (Å²) in [5.41, 5.74) is 0.